The van der Waals surface area contributed by atoms with Crippen LogP contribution in [0.4, 0.5) is 10.2 Å². The second kappa shape index (κ2) is 9.01. The number of carbonyl (C=O) groups excluding carboxylic acids is 1. The molecule has 0 aliphatic heterocycles. The van der Waals surface area contributed by atoms with Gasteiger partial charge in [-0.15, -0.1) is 0 Å². The van der Waals surface area contributed by atoms with Crippen LogP contribution in [0, 0.1) is 24.1 Å². The van der Waals surface area contributed by atoms with E-state index in [1.54, 1.807) is 37.3 Å². The van der Waals surface area contributed by atoms with Crippen molar-refractivity contribution < 1.29 is 9.18 Å². The van der Waals surface area contributed by atoms with Crippen molar-refractivity contribution in [1.29, 1.82) is 5.26 Å². The Morgan fingerprint density at radius 3 is 2.73 bits per heavy atom. The number of aromatic nitrogens is 3. The second-order valence-corrected chi connectivity index (χ2v) is 7.73. The lowest BCUT2D eigenvalue weighted by Gasteiger charge is -2.29. The molecule has 33 heavy (non-hydrogen) atoms. The first-order valence-electron chi connectivity index (χ1n) is 10.3. The maximum atomic E-state index is 14.5. The van der Waals surface area contributed by atoms with Crippen LogP contribution in [0.2, 0.25) is 0 Å². The number of carbonyl (C=O) groups is 1. The number of benzene rings is 1. The number of nitrogens with two attached hydrogens (primary N) is 1. The third kappa shape index (κ3) is 4.48. The molecule has 0 spiro atoms. The van der Waals surface area contributed by atoms with Gasteiger partial charge in [0.15, 0.2) is 0 Å². The third-order valence-electron chi connectivity index (χ3n) is 5.49. The minimum Gasteiger partial charge on any atom is -0.383 e. The Balaban J connectivity index is 1.75. The van der Waals surface area contributed by atoms with E-state index in [4.69, 9.17) is 11.0 Å². The lowest BCUT2D eigenvalue weighted by molar-refractivity contribution is 0.0664. The lowest BCUT2D eigenvalue weighted by Crippen LogP contribution is -2.34. The van der Waals surface area contributed by atoms with Crippen LogP contribution in [-0.2, 0) is 6.54 Å². The Bertz CT molecular complexity index is 1380. The van der Waals surface area contributed by atoms with E-state index in [2.05, 4.69) is 15.0 Å². The van der Waals surface area contributed by atoms with E-state index in [0.717, 1.165) is 10.9 Å². The average Bonchev–Trinajstić information content (AvgIpc) is 2.83. The molecule has 0 radical (unpaired) electrons. The predicted molar refractivity (Wildman–Crippen MR) is 122 cm³/mol. The van der Waals surface area contributed by atoms with Gasteiger partial charge in [-0.1, -0.05) is 0 Å². The SMILES string of the molecule is Cc1cc2cc(C(=O)N(Cc3ccc(C#N)cn3)[C@H](C)c3ncccc3F)ccc2nc1N. The number of anilines is 1. The molecule has 4 rings (SSSR count). The molecule has 1 aromatic carbocycles. The van der Waals surface area contributed by atoms with Crippen molar-refractivity contribution in [2.24, 2.45) is 0 Å². The molecule has 0 unspecified atom stereocenters. The molecule has 1 amide bonds. The fourth-order valence-corrected chi connectivity index (χ4v) is 3.59. The largest absolute Gasteiger partial charge is 0.383 e. The van der Waals surface area contributed by atoms with E-state index in [0.29, 0.717) is 28.2 Å². The molecule has 4 aromatic rings. The number of nitrogen functional groups attached to an aromatic ring is 1. The van der Waals surface area contributed by atoms with Crippen molar-refractivity contribution in [3.8, 4) is 6.07 Å². The van der Waals surface area contributed by atoms with Crippen LogP contribution in [-0.4, -0.2) is 25.8 Å². The molecule has 3 heterocycles. The van der Waals surface area contributed by atoms with Crippen molar-refractivity contribution in [1.82, 2.24) is 19.9 Å². The number of pyridine rings is 3. The Kier molecular flexibility index (Phi) is 5.96. The van der Waals surface area contributed by atoms with Crippen molar-refractivity contribution in [3.05, 3.63) is 94.8 Å². The van der Waals surface area contributed by atoms with Crippen molar-refractivity contribution in [2.45, 2.75) is 26.4 Å². The Labute approximate surface area is 190 Å². The minimum atomic E-state index is -0.668. The van der Waals surface area contributed by atoms with Gasteiger partial charge in [-0.05, 0) is 67.9 Å². The summed E-state index contributed by atoms with van der Waals surface area (Å²) in [5, 5.41) is 9.80. The van der Waals surface area contributed by atoms with Crippen molar-refractivity contribution >= 4 is 22.6 Å². The predicted octanol–water partition coefficient (Wildman–Crippen LogP) is 4.33. The summed E-state index contributed by atoms with van der Waals surface area (Å²) in [5.74, 6) is -0.367. The molecular weight excluding hydrogens is 419 g/mol. The average molecular weight is 440 g/mol. The van der Waals surface area contributed by atoms with Crippen LogP contribution < -0.4 is 5.73 Å². The van der Waals surface area contributed by atoms with Gasteiger partial charge in [0.25, 0.3) is 5.91 Å². The normalized spacial score (nSPS) is 11.7. The molecule has 164 valence electrons. The molecule has 0 aliphatic carbocycles. The molecular formula is C25H21FN6O. The molecule has 0 saturated carbocycles. The summed E-state index contributed by atoms with van der Waals surface area (Å²) in [4.78, 5) is 28.0. The number of aryl methyl sites for hydroxylation is 1. The molecule has 0 aliphatic rings. The standard InChI is InChI=1S/C25H21FN6O/c1-15-10-19-11-18(6-8-22(19)31-24(15)28)25(33)32(14-20-7-5-17(12-27)13-30-20)16(2)23-21(26)4-3-9-29-23/h3-11,13,16H,14H2,1-2H3,(H2,28,31)/t16-/m1/s1. The fraction of sp³-hybridized carbons (Fsp3) is 0.160. The van der Waals surface area contributed by atoms with Crippen LogP contribution in [0.1, 0.15) is 45.8 Å². The smallest absolute Gasteiger partial charge is 0.254 e. The van der Waals surface area contributed by atoms with E-state index in [9.17, 15) is 9.18 Å². The van der Waals surface area contributed by atoms with Crippen molar-refractivity contribution in [3.63, 3.8) is 0 Å². The number of fused-ring (bicyclic) bond motifs is 1. The molecule has 2 N–H and O–H groups in total. The number of hydrogen-bond donors (Lipinski definition) is 1. The molecule has 0 saturated heterocycles. The zero-order valence-corrected chi connectivity index (χ0v) is 18.2. The summed E-state index contributed by atoms with van der Waals surface area (Å²) in [5.41, 5.74) is 8.95. The first-order valence-corrected chi connectivity index (χ1v) is 10.3. The van der Waals surface area contributed by atoms with Gasteiger partial charge in [0.05, 0.1) is 35.1 Å². The zero-order valence-electron chi connectivity index (χ0n) is 18.2. The zero-order chi connectivity index (χ0) is 23.5. The highest BCUT2D eigenvalue weighted by Gasteiger charge is 2.26. The number of halogens is 1. The molecule has 0 fully saturated rings. The topological polar surface area (TPSA) is 109 Å². The summed E-state index contributed by atoms with van der Waals surface area (Å²) >= 11 is 0. The first kappa shape index (κ1) is 21.8. The summed E-state index contributed by atoms with van der Waals surface area (Å²) < 4.78 is 14.5. The van der Waals surface area contributed by atoms with Gasteiger partial charge in [0.2, 0.25) is 0 Å². The maximum absolute atomic E-state index is 14.5. The third-order valence-corrected chi connectivity index (χ3v) is 5.49. The molecule has 7 nitrogen and oxygen atoms in total. The van der Waals surface area contributed by atoms with Crippen LogP contribution in [0.3, 0.4) is 0 Å². The first-order chi connectivity index (χ1) is 15.9. The van der Waals surface area contributed by atoms with Crippen LogP contribution in [0.25, 0.3) is 10.9 Å². The van der Waals surface area contributed by atoms with E-state index in [-0.39, 0.29) is 18.1 Å². The van der Waals surface area contributed by atoms with Gasteiger partial charge in [0, 0.05) is 23.3 Å². The van der Waals surface area contributed by atoms with E-state index in [1.807, 2.05) is 19.1 Å². The number of nitriles is 1. The summed E-state index contributed by atoms with van der Waals surface area (Å²) in [6.07, 6.45) is 2.94. The number of rotatable bonds is 5. The van der Waals surface area contributed by atoms with Gasteiger partial charge in [-0.3, -0.25) is 14.8 Å². The highest BCUT2D eigenvalue weighted by Crippen LogP contribution is 2.26. The minimum absolute atomic E-state index is 0.110. The lowest BCUT2D eigenvalue weighted by atomic mass is 10.1. The summed E-state index contributed by atoms with van der Waals surface area (Å²) in [7, 11) is 0. The molecule has 8 heteroatoms. The van der Waals surface area contributed by atoms with Crippen LogP contribution in [0.15, 0.2) is 60.9 Å². The molecule has 1 atom stereocenters. The van der Waals surface area contributed by atoms with Gasteiger partial charge >= 0.3 is 0 Å². The fourth-order valence-electron chi connectivity index (χ4n) is 3.59. The number of hydrogen-bond acceptors (Lipinski definition) is 6. The highest BCUT2D eigenvalue weighted by molar-refractivity contribution is 5.98. The van der Waals surface area contributed by atoms with E-state index >= 15 is 0 Å². The Morgan fingerprint density at radius 2 is 2.03 bits per heavy atom. The van der Waals surface area contributed by atoms with Gasteiger partial charge < -0.3 is 10.6 Å². The van der Waals surface area contributed by atoms with E-state index in [1.165, 1.54) is 29.4 Å². The van der Waals surface area contributed by atoms with E-state index < -0.39 is 11.9 Å². The molecule has 0 bridgehead atoms. The Morgan fingerprint density at radius 1 is 1.21 bits per heavy atom. The second-order valence-electron chi connectivity index (χ2n) is 7.73. The summed E-state index contributed by atoms with van der Waals surface area (Å²) in [6, 6.07) is 14.5. The summed E-state index contributed by atoms with van der Waals surface area (Å²) in [6.45, 7) is 3.68. The Hall–Kier alpha value is -4.38. The number of nitrogens with zero attached hydrogens (tertiary/aromatic N) is 5. The van der Waals surface area contributed by atoms with Crippen LogP contribution in [0.5, 0.6) is 0 Å². The number of amides is 1. The van der Waals surface area contributed by atoms with Gasteiger partial charge in [-0.25, -0.2) is 9.37 Å². The highest BCUT2D eigenvalue weighted by atomic mass is 19.1. The maximum Gasteiger partial charge on any atom is 0.254 e. The van der Waals surface area contributed by atoms with Gasteiger partial charge in [-0.2, -0.15) is 5.26 Å². The molecule has 3 aromatic heterocycles. The van der Waals surface area contributed by atoms with Gasteiger partial charge in [0.1, 0.15) is 17.7 Å². The van der Waals surface area contributed by atoms with Crippen molar-refractivity contribution in [2.75, 3.05) is 5.73 Å². The monoisotopic (exact) mass is 440 g/mol. The quantitative estimate of drug-likeness (QED) is 0.495. The van der Waals surface area contributed by atoms with Crippen LogP contribution >= 0.6 is 0 Å².